The van der Waals surface area contributed by atoms with Gasteiger partial charge in [-0.1, -0.05) is 35.9 Å². The van der Waals surface area contributed by atoms with Gasteiger partial charge in [-0.25, -0.2) is 15.0 Å². The van der Waals surface area contributed by atoms with Crippen LogP contribution in [-0.4, -0.2) is 31.2 Å². The van der Waals surface area contributed by atoms with E-state index in [9.17, 15) is 0 Å². The molecule has 6 aromatic rings. The number of nitrogens with two attached hydrogens (primary N) is 1. The van der Waals surface area contributed by atoms with Crippen molar-refractivity contribution in [1.82, 2.24) is 24.1 Å². The zero-order chi connectivity index (χ0) is 22.7. The van der Waals surface area contributed by atoms with E-state index < -0.39 is 0 Å². The zero-order valence-electron chi connectivity index (χ0n) is 18.0. The van der Waals surface area contributed by atoms with Gasteiger partial charge in [0.2, 0.25) is 0 Å². The number of halogens is 1. The molecule has 0 unspecified atom stereocenters. The first-order chi connectivity index (χ1) is 16.1. The van der Waals surface area contributed by atoms with Crippen LogP contribution in [0.25, 0.3) is 50.3 Å². The Balaban J connectivity index is 1.74. The van der Waals surface area contributed by atoms with E-state index in [1.165, 1.54) is 0 Å². The average Bonchev–Trinajstić information content (AvgIpc) is 3.30. The number of methoxy groups -OCH3 is 1. The van der Waals surface area contributed by atoms with E-state index in [1.54, 1.807) is 7.11 Å². The van der Waals surface area contributed by atoms with Crippen LogP contribution < -0.4 is 10.5 Å². The number of rotatable bonds is 3. The average molecular weight is 455 g/mol. The van der Waals surface area contributed by atoms with E-state index in [2.05, 4.69) is 0 Å². The second kappa shape index (κ2) is 7.21. The summed E-state index contributed by atoms with van der Waals surface area (Å²) >= 11 is 6.45. The van der Waals surface area contributed by atoms with Crippen molar-refractivity contribution >= 4 is 50.6 Å². The molecule has 0 saturated carbocycles. The van der Waals surface area contributed by atoms with Gasteiger partial charge >= 0.3 is 0 Å². The van der Waals surface area contributed by atoms with Gasteiger partial charge in [0.1, 0.15) is 22.9 Å². The number of aryl methyl sites for hydroxylation is 1. The van der Waals surface area contributed by atoms with Gasteiger partial charge in [0, 0.05) is 7.05 Å². The van der Waals surface area contributed by atoms with Crippen molar-refractivity contribution in [2.45, 2.75) is 0 Å². The van der Waals surface area contributed by atoms with Gasteiger partial charge in [-0.15, -0.1) is 0 Å². The Morgan fingerprint density at radius 2 is 1.58 bits per heavy atom. The first-order valence-corrected chi connectivity index (χ1v) is 10.8. The van der Waals surface area contributed by atoms with Gasteiger partial charge in [-0.2, -0.15) is 0 Å². The Kier molecular flexibility index (Phi) is 4.28. The van der Waals surface area contributed by atoms with E-state index >= 15 is 0 Å². The van der Waals surface area contributed by atoms with E-state index in [-0.39, 0.29) is 0 Å². The van der Waals surface area contributed by atoms with Gasteiger partial charge in [0.05, 0.1) is 45.5 Å². The molecule has 6 rings (SSSR count). The molecule has 0 fully saturated rings. The smallest absolute Gasteiger partial charge is 0.166 e. The summed E-state index contributed by atoms with van der Waals surface area (Å²) in [5.74, 6) is 1.80. The highest BCUT2D eigenvalue weighted by atomic mass is 35.5. The Morgan fingerprint density at radius 1 is 0.879 bits per heavy atom. The van der Waals surface area contributed by atoms with E-state index in [0.29, 0.717) is 27.8 Å². The van der Waals surface area contributed by atoms with Crippen molar-refractivity contribution in [2.75, 3.05) is 12.8 Å². The predicted octanol–water partition coefficient (Wildman–Crippen LogP) is 5.37. The van der Waals surface area contributed by atoms with Gasteiger partial charge in [0.15, 0.2) is 5.65 Å². The van der Waals surface area contributed by atoms with Crippen LogP contribution in [0.5, 0.6) is 5.75 Å². The first kappa shape index (κ1) is 19.6. The monoisotopic (exact) mass is 454 g/mol. The maximum atomic E-state index is 6.81. The van der Waals surface area contributed by atoms with Crippen LogP contribution in [0.4, 0.5) is 5.82 Å². The number of anilines is 1. The molecule has 7 nitrogen and oxygen atoms in total. The van der Waals surface area contributed by atoms with Crippen molar-refractivity contribution in [3.8, 4) is 22.8 Å². The molecule has 33 heavy (non-hydrogen) atoms. The van der Waals surface area contributed by atoms with Crippen LogP contribution in [0.15, 0.2) is 66.7 Å². The highest BCUT2D eigenvalue weighted by Crippen LogP contribution is 2.39. The number of ether oxygens (including phenoxy) is 1. The highest BCUT2D eigenvalue weighted by molar-refractivity contribution is 6.32. The maximum Gasteiger partial charge on any atom is 0.166 e. The number of nitrogen functional groups attached to an aromatic ring is 1. The fraction of sp³-hybridized carbons (Fsp3) is 0.0800. The summed E-state index contributed by atoms with van der Waals surface area (Å²) in [7, 11) is 3.56. The van der Waals surface area contributed by atoms with Crippen LogP contribution in [0.3, 0.4) is 0 Å². The molecule has 3 heterocycles. The summed E-state index contributed by atoms with van der Waals surface area (Å²) in [4.78, 5) is 14.8. The summed E-state index contributed by atoms with van der Waals surface area (Å²) in [6.07, 6.45) is 0. The molecule has 0 saturated heterocycles. The summed E-state index contributed by atoms with van der Waals surface area (Å²) in [5.41, 5.74) is 13.1. The molecule has 2 N–H and O–H groups in total. The molecule has 0 radical (unpaired) electrons. The Bertz CT molecular complexity index is 1700. The lowest BCUT2D eigenvalue weighted by Gasteiger charge is -2.10. The third-order valence-electron chi connectivity index (χ3n) is 5.90. The summed E-state index contributed by atoms with van der Waals surface area (Å²) in [5, 5.41) is 0.481. The minimum Gasteiger partial charge on any atom is -0.495 e. The minimum atomic E-state index is 0.481. The topological polar surface area (TPSA) is 83.8 Å². The number of hydrogen-bond donors (Lipinski definition) is 1. The van der Waals surface area contributed by atoms with Crippen LogP contribution in [-0.2, 0) is 7.05 Å². The molecule has 0 aliphatic carbocycles. The zero-order valence-corrected chi connectivity index (χ0v) is 18.7. The summed E-state index contributed by atoms with van der Waals surface area (Å²) < 4.78 is 9.22. The van der Waals surface area contributed by atoms with Crippen molar-refractivity contribution in [3.63, 3.8) is 0 Å². The molecule has 0 aliphatic heterocycles. The normalized spacial score (nSPS) is 11.6. The number of para-hydroxylation sites is 4. The minimum absolute atomic E-state index is 0.481. The molecular formula is C25H19ClN6O. The fourth-order valence-corrected chi connectivity index (χ4v) is 4.56. The van der Waals surface area contributed by atoms with Gasteiger partial charge in [-0.05, 0) is 42.5 Å². The Labute approximate surface area is 194 Å². The van der Waals surface area contributed by atoms with Gasteiger partial charge in [0.25, 0.3) is 0 Å². The number of benzene rings is 3. The molecule has 3 aromatic carbocycles. The second-order valence-corrected chi connectivity index (χ2v) is 8.19. The highest BCUT2D eigenvalue weighted by Gasteiger charge is 2.25. The Hall–Kier alpha value is -4.10. The van der Waals surface area contributed by atoms with Crippen molar-refractivity contribution < 1.29 is 4.74 Å². The van der Waals surface area contributed by atoms with Crippen LogP contribution in [0.2, 0.25) is 5.02 Å². The molecule has 0 atom stereocenters. The molecule has 0 bridgehead atoms. The largest absolute Gasteiger partial charge is 0.495 e. The number of fused-ring (bicyclic) bond motifs is 3. The third kappa shape index (κ3) is 2.86. The van der Waals surface area contributed by atoms with E-state index in [1.807, 2.05) is 82.9 Å². The van der Waals surface area contributed by atoms with Crippen molar-refractivity contribution in [2.24, 2.45) is 7.05 Å². The molecule has 162 valence electrons. The van der Waals surface area contributed by atoms with Crippen LogP contribution in [0.1, 0.15) is 0 Å². The summed E-state index contributed by atoms with van der Waals surface area (Å²) in [6.45, 7) is 0. The number of nitrogens with zero attached hydrogens (tertiary/aromatic N) is 5. The van der Waals surface area contributed by atoms with Gasteiger partial charge in [-0.3, -0.25) is 4.57 Å². The first-order valence-electron chi connectivity index (χ1n) is 10.4. The van der Waals surface area contributed by atoms with Gasteiger partial charge < -0.3 is 15.0 Å². The SMILES string of the molecule is COc1ccc(-n2c(N)c(-c3nc4ccccc4n3C)c3nc4ccccc4nc32)cc1Cl. The lowest BCUT2D eigenvalue weighted by Crippen LogP contribution is -2.03. The van der Waals surface area contributed by atoms with E-state index in [0.717, 1.165) is 39.1 Å². The predicted molar refractivity (Wildman–Crippen MR) is 132 cm³/mol. The maximum absolute atomic E-state index is 6.81. The molecule has 3 aromatic heterocycles. The van der Waals surface area contributed by atoms with Crippen molar-refractivity contribution in [1.29, 1.82) is 0 Å². The van der Waals surface area contributed by atoms with Crippen molar-refractivity contribution in [3.05, 3.63) is 71.8 Å². The molecule has 0 aliphatic rings. The molecular weight excluding hydrogens is 436 g/mol. The third-order valence-corrected chi connectivity index (χ3v) is 6.20. The second-order valence-electron chi connectivity index (χ2n) is 7.78. The number of aromatic nitrogens is 5. The lowest BCUT2D eigenvalue weighted by atomic mass is 10.2. The lowest BCUT2D eigenvalue weighted by molar-refractivity contribution is 0.415. The Morgan fingerprint density at radius 3 is 2.27 bits per heavy atom. The quantitative estimate of drug-likeness (QED) is 0.388. The van der Waals surface area contributed by atoms with Crippen LogP contribution >= 0.6 is 11.6 Å². The molecule has 8 heteroatoms. The molecule has 0 spiro atoms. The summed E-state index contributed by atoms with van der Waals surface area (Å²) in [6, 6.07) is 21.3. The fourth-order valence-electron chi connectivity index (χ4n) is 4.31. The standard InChI is InChI=1S/C25H19ClN6O/c1-31-19-10-6-5-9-18(19)30-24(31)21-22-25(29-17-8-4-3-7-16(17)28-22)32(23(21)27)14-11-12-20(33-2)15(26)13-14/h3-13H,27H2,1-2H3. The molecule has 0 amide bonds. The van der Waals surface area contributed by atoms with Crippen LogP contribution in [0, 0.1) is 0 Å². The number of imidazole rings is 1. The van der Waals surface area contributed by atoms with E-state index in [4.69, 9.17) is 37.0 Å². The number of hydrogen-bond acceptors (Lipinski definition) is 5.